The normalized spacial score (nSPS) is 11.6. The summed E-state index contributed by atoms with van der Waals surface area (Å²) in [6, 6.07) is 7.72. The molecule has 0 aliphatic heterocycles. The summed E-state index contributed by atoms with van der Waals surface area (Å²) in [5.41, 5.74) is 2.58. The molecule has 0 aliphatic rings. The minimum absolute atomic E-state index is 0. The number of rotatable bonds is 6. The molecular formula is C18H23F3IN5O2. The summed E-state index contributed by atoms with van der Waals surface area (Å²) in [5.74, 6) is 0.0284. The number of aryl methyl sites for hydroxylation is 1. The lowest BCUT2D eigenvalue weighted by Gasteiger charge is -2.19. The molecule has 1 heterocycles. The summed E-state index contributed by atoms with van der Waals surface area (Å²) >= 11 is 0. The average molecular weight is 525 g/mol. The molecule has 0 fully saturated rings. The number of amides is 1. The van der Waals surface area contributed by atoms with Crippen molar-refractivity contribution in [2.45, 2.75) is 19.6 Å². The number of nitrogens with zero attached hydrogens (tertiary/aromatic N) is 3. The number of hydrogen-bond donors (Lipinski definition) is 2. The van der Waals surface area contributed by atoms with Crippen LogP contribution >= 0.6 is 24.0 Å². The third-order valence-corrected chi connectivity index (χ3v) is 3.76. The third-order valence-electron chi connectivity index (χ3n) is 3.76. The average Bonchev–Trinajstić information content (AvgIpc) is 3.09. The van der Waals surface area contributed by atoms with Gasteiger partial charge in [0.15, 0.2) is 5.96 Å². The van der Waals surface area contributed by atoms with Gasteiger partial charge in [-0.05, 0) is 19.1 Å². The van der Waals surface area contributed by atoms with E-state index in [1.54, 1.807) is 0 Å². The van der Waals surface area contributed by atoms with Gasteiger partial charge in [0.05, 0.1) is 18.8 Å². The van der Waals surface area contributed by atoms with Crippen molar-refractivity contribution in [2.75, 3.05) is 27.2 Å². The minimum atomic E-state index is -4.44. The van der Waals surface area contributed by atoms with Gasteiger partial charge in [-0.15, -0.1) is 24.0 Å². The minimum Gasteiger partial charge on any atom is -0.444 e. The number of carbonyl (C=O) groups is 1. The Morgan fingerprint density at radius 2 is 1.90 bits per heavy atom. The van der Waals surface area contributed by atoms with Gasteiger partial charge in [-0.25, -0.2) is 4.98 Å². The lowest BCUT2D eigenvalue weighted by Crippen LogP contribution is -2.45. The van der Waals surface area contributed by atoms with E-state index < -0.39 is 18.6 Å². The highest BCUT2D eigenvalue weighted by molar-refractivity contribution is 14.0. The number of aromatic nitrogens is 1. The van der Waals surface area contributed by atoms with E-state index in [1.165, 1.54) is 13.3 Å². The summed E-state index contributed by atoms with van der Waals surface area (Å²) in [6.07, 6.45) is -2.94. The van der Waals surface area contributed by atoms with Crippen LogP contribution in [0.4, 0.5) is 13.2 Å². The zero-order valence-electron chi connectivity index (χ0n) is 16.2. The SMILES string of the molecule is CN=C(NCC(=O)N(C)CC(F)(F)F)NCc1coc(-c2ccc(C)cc2)n1.I. The van der Waals surface area contributed by atoms with Gasteiger partial charge in [-0.1, -0.05) is 17.7 Å². The van der Waals surface area contributed by atoms with Gasteiger partial charge in [0, 0.05) is 19.7 Å². The lowest BCUT2D eigenvalue weighted by molar-refractivity contribution is -0.157. The molecule has 11 heteroatoms. The van der Waals surface area contributed by atoms with Gasteiger partial charge >= 0.3 is 6.18 Å². The topological polar surface area (TPSA) is 82.8 Å². The van der Waals surface area contributed by atoms with Crippen LogP contribution in [0.2, 0.25) is 0 Å². The number of benzene rings is 1. The molecule has 1 amide bonds. The maximum Gasteiger partial charge on any atom is 0.406 e. The van der Waals surface area contributed by atoms with Crippen LogP contribution in [0.15, 0.2) is 39.9 Å². The van der Waals surface area contributed by atoms with Gasteiger partial charge in [-0.2, -0.15) is 13.2 Å². The largest absolute Gasteiger partial charge is 0.444 e. The van der Waals surface area contributed by atoms with Crippen LogP contribution in [-0.2, 0) is 11.3 Å². The molecule has 7 nitrogen and oxygen atoms in total. The molecule has 1 aromatic heterocycles. The smallest absolute Gasteiger partial charge is 0.406 e. The Bertz CT molecular complexity index is 822. The zero-order chi connectivity index (χ0) is 20.7. The van der Waals surface area contributed by atoms with E-state index in [0.717, 1.165) is 18.2 Å². The molecule has 0 unspecified atom stereocenters. The van der Waals surface area contributed by atoms with Gasteiger partial charge in [0.25, 0.3) is 0 Å². The molecule has 2 rings (SSSR count). The molecule has 160 valence electrons. The molecule has 1 aromatic carbocycles. The maximum atomic E-state index is 12.3. The summed E-state index contributed by atoms with van der Waals surface area (Å²) in [5, 5.41) is 5.60. The number of hydrogen-bond acceptors (Lipinski definition) is 4. The van der Waals surface area contributed by atoms with Crippen molar-refractivity contribution in [3.63, 3.8) is 0 Å². The summed E-state index contributed by atoms with van der Waals surface area (Å²) in [7, 11) is 2.58. The number of aliphatic imine (C=N–C) groups is 1. The van der Waals surface area contributed by atoms with Crippen molar-refractivity contribution >= 4 is 35.8 Å². The fourth-order valence-electron chi connectivity index (χ4n) is 2.26. The predicted octanol–water partition coefficient (Wildman–Crippen LogP) is 2.95. The van der Waals surface area contributed by atoms with Crippen LogP contribution < -0.4 is 10.6 Å². The predicted molar refractivity (Wildman–Crippen MR) is 114 cm³/mol. The molecule has 0 atom stereocenters. The molecular weight excluding hydrogens is 502 g/mol. The van der Waals surface area contributed by atoms with Crippen molar-refractivity contribution in [1.29, 1.82) is 0 Å². The standard InChI is InChI=1S/C18H22F3N5O2.HI/c1-12-4-6-13(7-5-12)16-25-14(10-28-16)8-23-17(22-2)24-9-15(27)26(3)11-18(19,20)21;/h4-7,10H,8-9,11H2,1-3H3,(H2,22,23,24);1H. The van der Waals surface area contributed by atoms with Crippen LogP contribution in [0.25, 0.3) is 11.5 Å². The number of carbonyl (C=O) groups excluding carboxylic acids is 1. The van der Waals surface area contributed by atoms with E-state index >= 15 is 0 Å². The van der Waals surface area contributed by atoms with E-state index in [2.05, 4.69) is 20.6 Å². The first kappa shape index (κ1) is 24.7. The van der Waals surface area contributed by atoms with Crippen molar-refractivity contribution < 1.29 is 22.4 Å². The first-order chi connectivity index (χ1) is 13.2. The zero-order valence-corrected chi connectivity index (χ0v) is 18.5. The second-order valence-electron chi connectivity index (χ2n) is 6.15. The monoisotopic (exact) mass is 525 g/mol. The number of likely N-dealkylation sites (N-methyl/N-ethyl adjacent to an activating group) is 1. The van der Waals surface area contributed by atoms with Crippen LogP contribution in [0.1, 0.15) is 11.3 Å². The third kappa shape index (κ3) is 8.30. The Labute approximate surface area is 183 Å². The van der Waals surface area contributed by atoms with Crippen LogP contribution in [0.3, 0.4) is 0 Å². The number of halogens is 4. The highest BCUT2D eigenvalue weighted by atomic mass is 127. The van der Waals surface area contributed by atoms with E-state index in [-0.39, 0.29) is 43.0 Å². The Balaban J connectivity index is 0.00000420. The van der Waals surface area contributed by atoms with Crippen molar-refractivity contribution in [3.8, 4) is 11.5 Å². The molecule has 0 saturated carbocycles. The number of alkyl halides is 3. The van der Waals surface area contributed by atoms with E-state index in [4.69, 9.17) is 4.42 Å². The van der Waals surface area contributed by atoms with Crippen molar-refractivity contribution in [1.82, 2.24) is 20.5 Å². The Hall–Kier alpha value is -2.31. The van der Waals surface area contributed by atoms with E-state index in [1.807, 2.05) is 31.2 Å². The van der Waals surface area contributed by atoms with Crippen LogP contribution in [-0.4, -0.2) is 55.1 Å². The molecule has 0 bridgehead atoms. The summed E-state index contributed by atoms with van der Waals surface area (Å²) in [4.78, 5) is 20.7. The Morgan fingerprint density at radius 1 is 1.24 bits per heavy atom. The van der Waals surface area contributed by atoms with Gasteiger partial charge in [0.1, 0.15) is 12.8 Å². The summed E-state index contributed by atoms with van der Waals surface area (Å²) < 4.78 is 42.4. The first-order valence-corrected chi connectivity index (χ1v) is 8.44. The van der Waals surface area contributed by atoms with Gasteiger partial charge in [0.2, 0.25) is 11.8 Å². The molecule has 0 aliphatic carbocycles. The van der Waals surface area contributed by atoms with Gasteiger partial charge in [-0.3, -0.25) is 9.79 Å². The highest BCUT2D eigenvalue weighted by Crippen LogP contribution is 2.19. The fourth-order valence-corrected chi connectivity index (χ4v) is 2.26. The molecule has 2 N–H and O–H groups in total. The fraction of sp³-hybridized carbons (Fsp3) is 0.389. The van der Waals surface area contributed by atoms with Gasteiger partial charge < -0.3 is 20.0 Å². The number of nitrogens with one attached hydrogen (secondary N) is 2. The molecule has 0 radical (unpaired) electrons. The number of guanidine groups is 1. The second-order valence-corrected chi connectivity index (χ2v) is 6.15. The summed E-state index contributed by atoms with van der Waals surface area (Å²) in [6.45, 7) is 0.626. The van der Waals surface area contributed by atoms with Crippen LogP contribution in [0, 0.1) is 6.92 Å². The Morgan fingerprint density at radius 3 is 2.48 bits per heavy atom. The molecule has 29 heavy (non-hydrogen) atoms. The lowest BCUT2D eigenvalue weighted by atomic mass is 10.1. The first-order valence-electron chi connectivity index (χ1n) is 8.44. The second kappa shape index (κ2) is 11.0. The molecule has 0 spiro atoms. The molecule has 0 saturated heterocycles. The van der Waals surface area contributed by atoms with E-state index in [0.29, 0.717) is 16.5 Å². The van der Waals surface area contributed by atoms with Crippen molar-refractivity contribution in [3.05, 3.63) is 41.8 Å². The Kier molecular flexibility index (Phi) is 9.40. The van der Waals surface area contributed by atoms with Crippen molar-refractivity contribution in [2.24, 2.45) is 4.99 Å². The highest BCUT2D eigenvalue weighted by Gasteiger charge is 2.31. The number of oxazole rings is 1. The molecule has 2 aromatic rings. The maximum absolute atomic E-state index is 12.3. The van der Waals surface area contributed by atoms with Crippen LogP contribution in [0.5, 0.6) is 0 Å². The van der Waals surface area contributed by atoms with E-state index in [9.17, 15) is 18.0 Å². The quantitative estimate of drug-likeness (QED) is 0.345.